The van der Waals surface area contributed by atoms with Gasteiger partial charge in [0.25, 0.3) is 5.69 Å². The minimum Gasteiger partial charge on any atom is -0.384 e. The number of nitrogen functional groups attached to an aromatic ring is 1. The van der Waals surface area contributed by atoms with Crippen LogP contribution in [0.3, 0.4) is 0 Å². The quantitative estimate of drug-likeness (QED) is 0.497. The van der Waals surface area contributed by atoms with Crippen LogP contribution in [0.25, 0.3) is 0 Å². The first-order chi connectivity index (χ1) is 10.1. The van der Waals surface area contributed by atoms with Crippen molar-refractivity contribution in [3.05, 3.63) is 46.3 Å². The average Bonchev–Trinajstić information content (AvgIpc) is 2.45. The topological polar surface area (TPSA) is 104 Å². The van der Waals surface area contributed by atoms with Crippen LogP contribution >= 0.6 is 11.8 Å². The second-order valence-corrected chi connectivity index (χ2v) is 5.13. The molecule has 0 fully saturated rings. The van der Waals surface area contributed by atoms with Crippen LogP contribution in [0.1, 0.15) is 12.7 Å². The highest BCUT2D eigenvalue weighted by molar-refractivity contribution is 7.99. The second-order valence-electron chi connectivity index (χ2n) is 4.04. The first-order valence-electron chi connectivity index (χ1n) is 6.22. The monoisotopic (exact) mass is 306 g/mol. The van der Waals surface area contributed by atoms with E-state index >= 15 is 0 Å². The largest absolute Gasteiger partial charge is 0.384 e. The number of rotatable bonds is 6. The van der Waals surface area contributed by atoms with Gasteiger partial charge in [-0.1, -0.05) is 11.8 Å². The molecule has 1 aromatic carbocycles. The summed E-state index contributed by atoms with van der Waals surface area (Å²) < 4.78 is 5.26. The number of nitrogens with zero attached hydrogens (tertiary/aromatic N) is 3. The van der Waals surface area contributed by atoms with Crippen molar-refractivity contribution in [3.63, 3.8) is 0 Å². The summed E-state index contributed by atoms with van der Waals surface area (Å²) in [6.07, 6.45) is 0. The molecule has 0 aliphatic carbocycles. The minimum atomic E-state index is -0.433. The average molecular weight is 306 g/mol. The lowest BCUT2D eigenvalue weighted by Gasteiger charge is -2.05. The Balaban J connectivity index is 2.14. The van der Waals surface area contributed by atoms with Crippen LogP contribution in [0.15, 0.2) is 40.3 Å². The number of aromatic nitrogens is 2. The molecule has 0 aliphatic heterocycles. The molecule has 21 heavy (non-hydrogen) atoms. The van der Waals surface area contributed by atoms with Crippen LogP contribution < -0.4 is 5.73 Å². The standard InChI is InChI=1S/C13H14N4O3S/c1-2-20-8-12-15-11(14)7-13(16-12)21-10-5-3-9(4-6-10)17(18)19/h3-7H,2,8H2,1H3,(H2,14,15,16). The first-order valence-corrected chi connectivity index (χ1v) is 7.03. The summed E-state index contributed by atoms with van der Waals surface area (Å²) in [7, 11) is 0. The number of nitro groups is 1. The number of ether oxygens (including phenoxy) is 1. The molecule has 0 saturated heterocycles. The zero-order chi connectivity index (χ0) is 15.2. The molecule has 2 N–H and O–H groups in total. The Morgan fingerprint density at radius 3 is 2.67 bits per heavy atom. The highest BCUT2D eigenvalue weighted by Crippen LogP contribution is 2.28. The fourth-order valence-electron chi connectivity index (χ4n) is 1.56. The van der Waals surface area contributed by atoms with Crippen LogP contribution in [-0.2, 0) is 11.3 Å². The lowest BCUT2D eigenvalue weighted by molar-refractivity contribution is -0.384. The van der Waals surface area contributed by atoms with E-state index in [0.717, 1.165) is 4.90 Å². The number of hydrogen-bond donors (Lipinski definition) is 1. The van der Waals surface area contributed by atoms with Crippen molar-refractivity contribution in [2.24, 2.45) is 0 Å². The zero-order valence-electron chi connectivity index (χ0n) is 11.4. The molecular weight excluding hydrogens is 292 g/mol. The van der Waals surface area contributed by atoms with Gasteiger partial charge in [0.1, 0.15) is 17.5 Å². The number of anilines is 1. The van der Waals surface area contributed by atoms with Gasteiger partial charge < -0.3 is 10.5 Å². The van der Waals surface area contributed by atoms with Gasteiger partial charge in [0.2, 0.25) is 0 Å². The molecule has 0 amide bonds. The van der Waals surface area contributed by atoms with Crippen molar-refractivity contribution < 1.29 is 9.66 Å². The Morgan fingerprint density at radius 2 is 2.05 bits per heavy atom. The lowest BCUT2D eigenvalue weighted by Crippen LogP contribution is -2.03. The van der Waals surface area contributed by atoms with Crippen molar-refractivity contribution in [1.82, 2.24) is 9.97 Å². The minimum absolute atomic E-state index is 0.0542. The van der Waals surface area contributed by atoms with Gasteiger partial charge in [-0.3, -0.25) is 10.1 Å². The molecule has 0 radical (unpaired) electrons. The maximum absolute atomic E-state index is 10.6. The van der Waals surface area contributed by atoms with Gasteiger partial charge in [0.05, 0.1) is 4.92 Å². The van der Waals surface area contributed by atoms with Gasteiger partial charge in [-0.15, -0.1) is 0 Å². The van der Waals surface area contributed by atoms with Crippen LogP contribution in [0.4, 0.5) is 11.5 Å². The van der Waals surface area contributed by atoms with E-state index in [1.807, 2.05) is 6.92 Å². The van der Waals surface area contributed by atoms with Crippen molar-refractivity contribution in [1.29, 1.82) is 0 Å². The summed E-state index contributed by atoms with van der Waals surface area (Å²) in [6.45, 7) is 2.76. The van der Waals surface area contributed by atoms with Gasteiger partial charge >= 0.3 is 0 Å². The Hall–Kier alpha value is -2.19. The van der Waals surface area contributed by atoms with Crippen molar-refractivity contribution in [2.75, 3.05) is 12.3 Å². The molecule has 0 atom stereocenters. The number of benzene rings is 1. The van der Waals surface area contributed by atoms with Crippen molar-refractivity contribution in [2.45, 2.75) is 23.5 Å². The molecular formula is C13H14N4O3S. The summed E-state index contributed by atoms with van der Waals surface area (Å²) in [5.41, 5.74) is 5.79. The third-order valence-electron chi connectivity index (χ3n) is 2.47. The van der Waals surface area contributed by atoms with E-state index in [0.29, 0.717) is 29.9 Å². The molecule has 7 nitrogen and oxygen atoms in total. The molecule has 0 aliphatic rings. The molecule has 2 aromatic rings. The van der Waals surface area contributed by atoms with E-state index in [4.69, 9.17) is 10.5 Å². The fourth-order valence-corrected chi connectivity index (χ4v) is 2.40. The summed E-state index contributed by atoms with van der Waals surface area (Å²) in [4.78, 5) is 19.4. The van der Waals surface area contributed by atoms with Gasteiger partial charge in [0.15, 0.2) is 5.82 Å². The molecule has 2 rings (SSSR count). The van der Waals surface area contributed by atoms with E-state index in [-0.39, 0.29) is 5.69 Å². The summed E-state index contributed by atoms with van der Waals surface area (Å²) in [6, 6.07) is 7.90. The lowest BCUT2D eigenvalue weighted by atomic mass is 10.3. The smallest absolute Gasteiger partial charge is 0.269 e. The zero-order valence-corrected chi connectivity index (χ0v) is 12.2. The van der Waals surface area contributed by atoms with Crippen LogP contribution in [0.2, 0.25) is 0 Å². The van der Waals surface area contributed by atoms with E-state index in [1.54, 1.807) is 18.2 Å². The summed E-state index contributed by atoms with van der Waals surface area (Å²) in [5.74, 6) is 0.880. The van der Waals surface area contributed by atoms with E-state index in [2.05, 4.69) is 9.97 Å². The van der Waals surface area contributed by atoms with Crippen LogP contribution in [-0.4, -0.2) is 21.5 Å². The van der Waals surface area contributed by atoms with Gasteiger partial charge in [-0.05, 0) is 19.1 Å². The Morgan fingerprint density at radius 1 is 1.33 bits per heavy atom. The SMILES string of the molecule is CCOCc1nc(N)cc(Sc2ccc([N+](=O)[O-])cc2)n1. The number of hydrogen-bond acceptors (Lipinski definition) is 7. The third-order valence-corrected chi connectivity index (χ3v) is 3.40. The Bertz CT molecular complexity index is 634. The van der Waals surface area contributed by atoms with Gasteiger partial charge in [-0.2, -0.15) is 0 Å². The van der Waals surface area contributed by atoms with E-state index < -0.39 is 4.92 Å². The third kappa shape index (κ3) is 4.40. The van der Waals surface area contributed by atoms with Crippen LogP contribution in [0, 0.1) is 10.1 Å². The second kappa shape index (κ2) is 7.00. The number of non-ortho nitro benzene ring substituents is 1. The Kier molecular flexibility index (Phi) is 5.07. The van der Waals surface area contributed by atoms with Crippen molar-refractivity contribution in [3.8, 4) is 0 Å². The molecule has 0 unspecified atom stereocenters. The van der Waals surface area contributed by atoms with Crippen LogP contribution in [0.5, 0.6) is 0 Å². The predicted octanol–water partition coefficient (Wildman–Crippen LogP) is 2.65. The van der Waals surface area contributed by atoms with E-state index in [9.17, 15) is 10.1 Å². The van der Waals surface area contributed by atoms with Crippen molar-refractivity contribution >= 4 is 23.3 Å². The molecule has 110 valence electrons. The molecule has 0 spiro atoms. The first kappa shape index (κ1) is 15.2. The molecule has 0 bridgehead atoms. The number of nitrogens with two attached hydrogens (primary N) is 1. The van der Waals surface area contributed by atoms with Gasteiger partial charge in [0, 0.05) is 29.7 Å². The highest BCUT2D eigenvalue weighted by Gasteiger charge is 2.07. The maximum Gasteiger partial charge on any atom is 0.269 e. The number of nitro benzene ring substituents is 1. The fraction of sp³-hybridized carbons (Fsp3) is 0.231. The summed E-state index contributed by atoms with van der Waals surface area (Å²) in [5, 5.41) is 11.3. The molecule has 1 heterocycles. The molecule has 8 heteroatoms. The van der Waals surface area contributed by atoms with E-state index in [1.165, 1.54) is 23.9 Å². The highest BCUT2D eigenvalue weighted by atomic mass is 32.2. The van der Waals surface area contributed by atoms with Gasteiger partial charge in [-0.25, -0.2) is 9.97 Å². The Labute approximate surface area is 125 Å². The maximum atomic E-state index is 10.6. The predicted molar refractivity (Wildman–Crippen MR) is 79.0 cm³/mol. The molecule has 1 aromatic heterocycles. The normalized spacial score (nSPS) is 10.5. The molecule has 0 saturated carbocycles. The summed E-state index contributed by atoms with van der Waals surface area (Å²) >= 11 is 1.36.